The molecule has 4 aliphatic rings. The molecule has 0 aromatic rings. The van der Waals surface area contributed by atoms with Crippen molar-refractivity contribution < 1.29 is 14.2 Å². The van der Waals surface area contributed by atoms with Gasteiger partial charge in [-0.25, -0.2) is 0 Å². The number of epoxide rings is 2. The van der Waals surface area contributed by atoms with Crippen molar-refractivity contribution in [1.29, 1.82) is 0 Å². The Morgan fingerprint density at radius 2 is 1.65 bits per heavy atom. The molecular formula is C20H30O3. The van der Waals surface area contributed by atoms with E-state index in [1.165, 1.54) is 16.7 Å². The second-order valence-corrected chi connectivity index (χ2v) is 8.47. The van der Waals surface area contributed by atoms with Crippen LogP contribution in [-0.2, 0) is 14.2 Å². The minimum Gasteiger partial charge on any atom is -0.366 e. The second-order valence-electron chi connectivity index (χ2n) is 8.47. The van der Waals surface area contributed by atoms with Crippen molar-refractivity contribution in [3.05, 3.63) is 22.8 Å². The van der Waals surface area contributed by atoms with E-state index >= 15 is 0 Å². The van der Waals surface area contributed by atoms with E-state index in [-0.39, 0.29) is 17.3 Å². The summed E-state index contributed by atoms with van der Waals surface area (Å²) in [5.41, 5.74) is 4.52. The van der Waals surface area contributed by atoms with Crippen LogP contribution in [-0.4, -0.2) is 36.1 Å². The standard InChI is InChI=1S/C20H30O3/c1-13-5-6-17-20(4,22-17)10-8-18-19(3,23-18)9-7-15-14(2)12-21-16(15)11-13/h11,16-18H,5-10,12H2,1-4H3/b13-11+/t16-,17-,18+,19+,20-/m1/s1. The first kappa shape index (κ1) is 15.9. The fourth-order valence-corrected chi connectivity index (χ4v) is 4.41. The van der Waals surface area contributed by atoms with Crippen LogP contribution in [0.15, 0.2) is 22.8 Å². The minimum atomic E-state index is 0.0735. The number of fused-ring (bicyclic) bond motifs is 3. The lowest BCUT2D eigenvalue weighted by molar-refractivity contribution is 0.150. The molecule has 0 aromatic carbocycles. The maximum absolute atomic E-state index is 6.06. The predicted octanol–water partition coefficient (Wildman–Crippen LogP) is 4.32. The van der Waals surface area contributed by atoms with E-state index < -0.39 is 0 Å². The van der Waals surface area contributed by atoms with Gasteiger partial charge in [-0.2, -0.15) is 0 Å². The predicted molar refractivity (Wildman–Crippen MR) is 90.5 cm³/mol. The topological polar surface area (TPSA) is 34.3 Å². The van der Waals surface area contributed by atoms with Crippen LogP contribution in [0.5, 0.6) is 0 Å². The van der Waals surface area contributed by atoms with E-state index in [4.69, 9.17) is 14.2 Å². The molecule has 3 heterocycles. The molecule has 0 amide bonds. The summed E-state index contributed by atoms with van der Waals surface area (Å²) < 4.78 is 18.1. The van der Waals surface area contributed by atoms with Crippen molar-refractivity contribution in [2.24, 2.45) is 0 Å². The molecule has 3 nitrogen and oxygen atoms in total. The van der Waals surface area contributed by atoms with Gasteiger partial charge in [-0.1, -0.05) is 11.6 Å². The molecule has 2 fully saturated rings. The highest BCUT2D eigenvalue weighted by Gasteiger charge is 2.56. The maximum Gasteiger partial charge on any atom is 0.0977 e. The molecule has 3 aliphatic heterocycles. The highest BCUT2D eigenvalue weighted by molar-refractivity contribution is 5.28. The quantitative estimate of drug-likeness (QED) is 0.493. The van der Waals surface area contributed by atoms with Gasteiger partial charge >= 0.3 is 0 Å². The average molecular weight is 318 g/mol. The van der Waals surface area contributed by atoms with Crippen molar-refractivity contribution in [3.63, 3.8) is 0 Å². The fraction of sp³-hybridized carbons (Fsp3) is 0.800. The van der Waals surface area contributed by atoms with Gasteiger partial charge < -0.3 is 14.2 Å². The van der Waals surface area contributed by atoms with E-state index in [2.05, 4.69) is 33.8 Å². The Kier molecular flexibility index (Phi) is 3.75. The van der Waals surface area contributed by atoms with Gasteiger partial charge in [-0.15, -0.1) is 0 Å². The monoisotopic (exact) mass is 318 g/mol. The molecule has 0 spiro atoms. The zero-order valence-electron chi connectivity index (χ0n) is 15.0. The summed E-state index contributed by atoms with van der Waals surface area (Å²) in [6, 6.07) is 0. The van der Waals surface area contributed by atoms with Crippen LogP contribution < -0.4 is 0 Å². The van der Waals surface area contributed by atoms with Gasteiger partial charge in [0, 0.05) is 0 Å². The maximum atomic E-state index is 6.06. The van der Waals surface area contributed by atoms with Crippen LogP contribution in [0, 0.1) is 0 Å². The lowest BCUT2D eigenvalue weighted by Gasteiger charge is -2.15. The highest BCUT2D eigenvalue weighted by Crippen LogP contribution is 2.49. The van der Waals surface area contributed by atoms with E-state index in [0.717, 1.165) is 45.1 Å². The Balaban J connectivity index is 1.53. The zero-order chi connectivity index (χ0) is 16.2. The molecule has 0 radical (unpaired) electrons. The first-order chi connectivity index (χ1) is 10.9. The van der Waals surface area contributed by atoms with Crippen molar-refractivity contribution in [2.75, 3.05) is 6.61 Å². The summed E-state index contributed by atoms with van der Waals surface area (Å²) in [5, 5.41) is 0. The smallest absolute Gasteiger partial charge is 0.0977 e. The van der Waals surface area contributed by atoms with Crippen LogP contribution in [0.25, 0.3) is 0 Å². The van der Waals surface area contributed by atoms with Crippen molar-refractivity contribution in [2.45, 2.75) is 95.7 Å². The Morgan fingerprint density at radius 3 is 2.43 bits per heavy atom. The van der Waals surface area contributed by atoms with Gasteiger partial charge in [0.25, 0.3) is 0 Å². The molecule has 2 saturated heterocycles. The first-order valence-corrected chi connectivity index (χ1v) is 9.23. The molecule has 0 aromatic heterocycles. The number of ether oxygens (including phenoxy) is 3. The van der Waals surface area contributed by atoms with Crippen LogP contribution in [0.3, 0.4) is 0 Å². The van der Waals surface area contributed by atoms with Crippen molar-refractivity contribution in [3.8, 4) is 0 Å². The summed E-state index contributed by atoms with van der Waals surface area (Å²) in [6.07, 6.45) is 10.1. The van der Waals surface area contributed by atoms with Gasteiger partial charge in [0.05, 0.1) is 36.1 Å². The van der Waals surface area contributed by atoms with Gasteiger partial charge in [0.2, 0.25) is 0 Å². The number of rotatable bonds is 0. The molecule has 0 unspecified atom stereocenters. The van der Waals surface area contributed by atoms with E-state index in [1.54, 1.807) is 0 Å². The highest BCUT2D eigenvalue weighted by atomic mass is 16.6. The molecule has 5 atom stereocenters. The molecule has 0 N–H and O–H groups in total. The third-order valence-corrected chi connectivity index (χ3v) is 6.47. The van der Waals surface area contributed by atoms with Gasteiger partial charge in [0.15, 0.2) is 0 Å². The SMILES string of the molecule is CC1=C2CC[C@]3(C)O[C@H]3CC[C@@]3(C)O[C@@H]3CC/C(C)=C/[C@H]2OC1. The van der Waals surface area contributed by atoms with Gasteiger partial charge in [-0.3, -0.25) is 0 Å². The Labute approximate surface area is 140 Å². The van der Waals surface area contributed by atoms with Crippen LogP contribution in [0.1, 0.15) is 66.2 Å². The van der Waals surface area contributed by atoms with E-state index in [0.29, 0.717) is 12.2 Å². The molecule has 4 rings (SSSR count). The third kappa shape index (κ3) is 3.04. The molecular weight excluding hydrogens is 288 g/mol. The summed E-state index contributed by atoms with van der Waals surface area (Å²) in [6.45, 7) is 9.79. The van der Waals surface area contributed by atoms with Crippen LogP contribution in [0.2, 0.25) is 0 Å². The van der Waals surface area contributed by atoms with Crippen LogP contribution >= 0.6 is 0 Å². The Morgan fingerprint density at radius 1 is 0.957 bits per heavy atom. The molecule has 0 saturated carbocycles. The fourth-order valence-electron chi connectivity index (χ4n) is 4.41. The molecule has 0 bridgehead atoms. The number of allylic oxidation sites excluding steroid dienone is 1. The zero-order valence-corrected chi connectivity index (χ0v) is 15.0. The molecule has 1 aliphatic carbocycles. The second kappa shape index (κ2) is 5.44. The first-order valence-electron chi connectivity index (χ1n) is 9.23. The summed E-state index contributed by atoms with van der Waals surface area (Å²) in [5.74, 6) is 0. The lowest BCUT2D eigenvalue weighted by atomic mass is 9.89. The minimum absolute atomic E-state index is 0.0735. The normalized spacial score (nSPS) is 49.4. The van der Waals surface area contributed by atoms with Crippen LogP contribution in [0.4, 0.5) is 0 Å². The Bertz CT molecular complexity index is 563. The van der Waals surface area contributed by atoms with Gasteiger partial charge in [-0.05, 0) is 77.4 Å². The Hall–Kier alpha value is -0.640. The van der Waals surface area contributed by atoms with E-state index in [1.807, 2.05) is 0 Å². The largest absolute Gasteiger partial charge is 0.366 e. The molecule has 23 heavy (non-hydrogen) atoms. The molecule has 3 heteroatoms. The molecule has 128 valence electrons. The summed E-state index contributed by atoms with van der Waals surface area (Å²) in [4.78, 5) is 0. The number of hydrogen-bond acceptors (Lipinski definition) is 3. The summed E-state index contributed by atoms with van der Waals surface area (Å²) in [7, 11) is 0. The third-order valence-electron chi connectivity index (χ3n) is 6.47. The van der Waals surface area contributed by atoms with Gasteiger partial charge in [0.1, 0.15) is 0 Å². The number of hydrogen-bond donors (Lipinski definition) is 0. The van der Waals surface area contributed by atoms with Crippen molar-refractivity contribution >= 4 is 0 Å². The van der Waals surface area contributed by atoms with Crippen molar-refractivity contribution in [1.82, 2.24) is 0 Å². The van der Waals surface area contributed by atoms with E-state index in [9.17, 15) is 0 Å². The lowest BCUT2D eigenvalue weighted by Crippen LogP contribution is -2.17. The average Bonchev–Trinajstić information content (AvgIpc) is 3.31. The summed E-state index contributed by atoms with van der Waals surface area (Å²) >= 11 is 0.